The Morgan fingerprint density at radius 1 is 1.33 bits per heavy atom. The highest BCUT2D eigenvalue weighted by molar-refractivity contribution is 5.02. The molecule has 5 heteroatoms. The fraction of sp³-hybridized carbons (Fsp3) is 1.00. The number of hydrogen-bond acceptors (Lipinski definition) is 3. The molecule has 0 spiro atoms. The summed E-state index contributed by atoms with van der Waals surface area (Å²) in [6.45, 7) is 3.98. The molecule has 0 heterocycles. The molecule has 108 valence electrons. The Morgan fingerprint density at radius 2 is 2.06 bits per heavy atom. The minimum atomic E-state index is -1.45. The number of alkyl halides is 2. The zero-order valence-corrected chi connectivity index (χ0v) is 11.5. The Hall–Kier alpha value is -0.260. The Labute approximate surface area is 108 Å². The van der Waals surface area contributed by atoms with Gasteiger partial charge in [0, 0.05) is 19.4 Å². The molecule has 18 heavy (non-hydrogen) atoms. The summed E-state index contributed by atoms with van der Waals surface area (Å²) in [6, 6.07) is 0. The molecular weight excluding hydrogens is 242 g/mol. The van der Waals surface area contributed by atoms with E-state index in [4.69, 9.17) is 14.2 Å². The van der Waals surface area contributed by atoms with Crippen molar-refractivity contribution in [1.29, 1.82) is 0 Å². The molecular formula is C13H24F2O3. The fourth-order valence-corrected chi connectivity index (χ4v) is 2.64. The second kappa shape index (κ2) is 6.78. The first-order valence-corrected chi connectivity index (χ1v) is 6.45. The molecule has 0 radical (unpaired) electrons. The van der Waals surface area contributed by atoms with Gasteiger partial charge in [0.2, 0.25) is 0 Å². The van der Waals surface area contributed by atoms with Gasteiger partial charge in [0.25, 0.3) is 0 Å². The lowest BCUT2D eigenvalue weighted by Crippen LogP contribution is -2.31. The topological polar surface area (TPSA) is 27.7 Å². The Balaban J connectivity index is 2.41. The van der Waals surface area contributed by atoms with E-state index in [-0.39, 0.29) is 13.2 Å². The van der Waals surface area contributed by atoms with E-state index in [1.165, 1.54) is 0 Å². The van der Waals surface area contributed by atoms with Crippen LogP contribution in [-0.2, 0) is 14.2 Å². The fourth-order valence-electron chi connectivity index (χ4n) is 2.64. The van der Waals surface area contributed by atoms with Gasteiger partial charge in [-0.15, -0.1) is 0 Å². The number of rotatable bonds is 8. The van der Waals surface area contributed by atoms with Gasteiger partial charge in [0.15, 0.2) is 0 Å². The highest BCUT2D eigenvalue weighted by Gasteiger charge is 2.53. The third-order valence-electron chi connectivity index (χ3n) is 3.77. The monoisotopic (exact) mass is 266 g/mol. The Bertz CT molecular complexity index is 252. The van der Waals surface area contributed by atoms with E-state index in [9.17, 15) is 8.78 Å². The molecule has 0 aromatic rings. The van der Waals surface area contributed by atoms with Crippen LogP contribution < -0.4 is 0 Å². The number of ether oxygens (including phenoxy) is 3. The molecule has 0 aromatic carbocycles. The maximum atomic E-state index is 14.5. The second-order valence-electron chi connectivity index (χ2n) is 5.23. The van der Waals surface area contributed by atoms with Gasteiger partial charge in [-0.1, -0.05) is 6.92 Å². The summed E-state index contributed by atoms with van der Waals surface area (Å²) in [5.74, 6) is -0.563. The molecule has 1 rings (SSSR count). The first-order chi connectivity index (χ1) is 8.49. The summed E-state index contributed by atoms with van der Waals surface area (Å²) >= 11 is 0. The first kappa shape index (κ1) is 15.8. The van der Waals surface area contributed by atoms with Crippen molar-refractivity contribution in [2.24, 2.45) is 5.92 Å². The average molecular weight is 266 g/mol. The molecule has 1 fully saturated rings. The van der Waals surface area contributed by atoms with Gasteiger partial charge in [-0.3, -0.25) is 4.39 Å². The maximum absolute atomic E-state index is 14.5. The van der Waals surface area contributed by atoms with Gasteiger partial charge in [0.1, 0.15) is 12.5 Å². The molecule has 0 N–H and O–H groups in total. The zero-order valence-electron chi connectivity index (χ0n) is 11.5. The summed E-state index contributed by atoms with van der Waals surface area (Å²) in [5.41, 5.74) is -2.08. The van der Waals surface area contributed by atoms with Gasteiger partial charge in [-0.05, 0) is 19.8 Å². The van der Waals surface area contributed by atoms with E-state index in [1.807, 2.05) is 6.92 Å². The molecule has 0 aromatic heterocycles. The molecule has 0 bridgehead atoms. The van der Waals surface area contributed by atoms with Crippen LogP contribution in [0.15, 0.2) is 0 Å². The van der Waals surface area contributed by atoms with Crippen LogP contribution in [0.1, 0.15) is 33.1 Å². The summed E-state index contributed by atoms with van der Waals surface area (Å²) in [5, 5.41) is 0. The smallest absolute Gasteiger partial charge is 0.147 e. The van der Waals surface area contributed by atoms with Crippen LogP contribution in [0.2, 0.25) is 0 Å². The van der Waals surface area contributed by atoms with E-state index in [0.717, 1.165) is 0 Å². The number of halogens is 2. The lowest BCUT2D eigenvalue weighted by atomic mass is 9.91. The van der Waals surface area contributed by atoms with Crippen LogP contribution in [-0.4, -0.2) is 45.1 Å². The molecule has 0 aliphatic heterocycles. The van der Waals surface area contributed by atoms with Crippen molar-refractivity contribution in [2.45, 2.75) is 44.4 Å². The lowest BCUT2D eigenvalue weighted by Gasteiger charge is -2.26. The summed E-state index contributed by atoms with van der Waals surface area (Å²) < 4.78 is 42.9. The quantitative estimate of drug-likeness (QED) is 0.499. The van der Waals surface area contributed by atoms with Crippen LogP contribution in [0.25, 0.3) is 0 Å². The van der Waals surface area contributed by atoms with Gasteiger partial charge in [-0.2, -0.15) is 0 Å². The normalized spacial score (nSPS) is 36.2. The SMILES string of the molecule is CCC1(F)CC(C)(OCOCCOC)CC1CF. The van der Waals surface area contributed by atoms with Crippen molar-refractivity contribution in [3.63, 3.8) is 0 Å². The largest absolute Gasteiger partial charge is 0.382 e. The highest BCUT2D eigenvalue weighted by Crippen LogP contribution is 2.48. The summed E-state index contributed by atoms with van der Waals surface area (Å²) in [7, 11) is 1.59. The van der Waals surface area contributed by atoms with E-state index in [1.54, 1.807) is 14.0 Å². The first-order valence-electron chi connectivity index (χ1n) is 6.45. The van der Waals surface area contributed by atoms with Gasteiger partial charge in [0.05, 0.1) is 25.5 Å². The van der Waals surface area contributed by atoms with Crippen molar-refractivity contribution in [3.8, 4) is 0 Å². The van der Waals surface area contributed by atoms with Gasteiger partial charge < -0.3 is 14.2 Å². The minimum absolute atomic E-state index is 0.0959. The third-order valence-corrected chi connectivity index (χ3v) is 3.77. The van der Waals surface area contributed by atoms with Crippen molar-refractivity contribution >= 4 is 0 Å². The predicted octanol–water partition coefficient (Wildman–Crippen LogP) is 2.88. The Kier molecular flexibility index (Phi) is 5.95. The third kappa shape index (κ3) is 3.87. The molecule has 3 atom stereocenters. The minimum Gasteiger partial charge on any atom is -0.382 e. The van der Waals surface area contributed by atoms with Crippen LogP contribution in [0.4, 0.5) is 8.78 Å². The van der Waals surface area contributed by atoms with Crippen molar-refractivity contribution in [2.75, 3.05) is 33.8 Å². The van der Waals surface area contributed by atoms with E-state index in [0.29, 0.717) is 26.1 Å². The summed E-state index contributed by atoms with van der Waals surface area (Å²) in [6.07, 6.45) is 0.964. The van der Waals surface area contributed by atoms with Crippen LogP contribution in [0.3, 0.4) is 0 Å². The molecule has 0 saturated heterocycles. The van der Waals surface area contributed by atoms with Gasteiger partial charge >= 0.3 is 0 Å². The van der Waals surface area contributed by atoms with Crippen LogP contribution >= 0.6 is 0 Å². The predicted molar refractivity (Wildman–Crippen MR) is 65.0 cm³/mol. The van der Waals surface area contributed by atoms with Crippen molar-refractivity contribution in [3.05, 3.63) is 0 Å². The summed E-state index contributed by atoms with van der Waals surface area (Å²) in [4.78, 5) is 0. The van der Waals surface area contributed by atoms with Crippen LogP contribution in [0, 0.1) is 5.92 Å². The zero-order chi connectivity index (χ0) is 13.6. The highest BCUT2D eigenvalue weighted by atomic mass is 19.1. The molecule has 3 nitrogen and oxygen atoms in total. The standard InChI is InChI=1S/C13H24F2O3/c1-4-13(15)9-12(2,7-11(13)8-14)18-10-17-6-5-16-3/h11H,4-10H2,1-3H3. The van der Waals surface area contributed by atoms with E-state index >= 15 is 0 Å². The van der Waals surface area contributed by atoms with E-state index < -0.39 is 23.9 Å². The molecule has 3 unspecified atom stereocenters. The maximum Gasteiger partial charge on any atom is 0.147 e. The number of hydrogen-bond donors (Lipinski definition) is 0. The number of methoxy groups -OCH3 is 1. The Morgan fingerprint density at radius 3 is 2.56 bits per heavy atom. The second-order valence-corrected chi connectivity index (χ2v) is 5.23. The van der Waals surface area contributed by atoms with E-state index in [2.05, 4.69) is 0 Å². The molecule has 1 saturated carbocycles. The van der Waals surface area contributed by atoms with Crippen molar-refractivity contribution in [1.82, 2.24) is 0 Å². The molecule has 0 amide bonds. The van der Waals surface area contributed by atoms with Crippen molar-refractivity contribution < 1.29 is 23.0 Å². The van der Waals surface area contributed by atoms with Crippen LogP contribution in [0.5, 0.6) is 0 Å². The lowest BCUT2D eigenvalue weighted by molar-refractivity contribution is -0.141. The van der Waals surface area contributed by atoms with Gasteiger partial charge in [-0.25, -0.2) is 4.39 Å². The molecule has 1 aliphatic carbocycles. The molecule has 1 aliphatic rings. The average Bonchev–Trinajstić information content (AvgIpc) is 2.61.